The van der Waals surface area contributed by atoms with Gasteiger partial charge in [0.25, 0.3) is 0 Å². The molecule has 2 heterocycles. The molecule has 1 aromatic carbocycles. The average Bonchev–Trinajstić information content (AvgIpc) is 2.99. The van der Waals surface area contributed by atoms with Crippen molar-refractivity contribution in [1.29, 1.82) is 0 Å². The van der Waals surface area contributed by atoms with Crippen LogP contribution in [-0.2, 0) is 23.9 Å². The Bertz CT molecular complexity index is 677. The maximum Gasteiger partial charge on any atom is 0.312 e. The van der Waals surface area contributed by atoms with E-state index in [1.54, 1.807) is 0 Å². The predicted molar refractivity (Wildman–Crippen MR) is 88.3 cm³/mol. The van der Waals surface area contributed by atoms with Gasteiger partial charge in [-0.15, -0.1) is 0 Å². The zero-order valence-electron chi connectivity index (χ0n) is 14.3. The third-order valence-corrected chi connectivity index (χ3v) is 5.19. The normalized spacial score (nSPS) is 31.4. The maximum atomic E-state index is 12.7. The van der Waals surface area contributed by atoms with Gasteiger partial charge < -0.3 is 14.8 Å². The van der Waals surface area contributed by atoms with Crippen molar-refractivity contribution in [3.05, 3.63) is 35.9 Å². The highest BCUT2D eigenvalue weighted by atomic mass is 16.5. The van der Waals surface area contributed by atoms with Crippen molar-refractivity contribution in [2.45, 2.75) is 24.4 Å². The third kappa shape index (κ3) is 2.78. The van der Waals surface area contributed by atoms with E-state index in [0.717, 1.165) is 5.56 Å². The molecule has 2 aliphatic rings. The molecule has 2 saturated heterocycles. The van der Waals surface area contributed by atoms with Crippen LogP contribution in [-0.4, -0.2) is 44.1 Å². The van der Waals surface area contributed by atoms with E-state index in [9.17, 15) is 14.4 Å². The van der Waals surface area contributed by atoms with E-state index in [4.69, 9.17) is 9.47 Å². The van der Waals surface area contributed by atoms with Crippen molar-refractivity contribution in [1.82, 2.24) is 10.6 Å². The molecule has 25 heavy (non-hydrogen) atoms. The number of rotatable bonds is 3. The summed E-state index contributed by atoms with van der Waals surface area (Å²) in [5.74, 6) is -3.19. The van der Waals surface area contributed by atoms with Crippen LogP contribution in [0.2, 0.25) is 0 Å². The minimum Gasteiger partial charge on any atom is -0.469 e. The summed E-state index contributed by atoms with van der Waals surface area (Å²) in [6.45, 7) is 0.551. The summed E-state index contributed by atoms with van der Waals surface area (Å²) in [5, 5.41) is 6.10. The van der Waals surface area contributed by atoms with Crippen molar-refractivity contribution in [3.8, 4) is 0 Å². The first-order chi connectivity index (χ1) is 12.0. The number of hydrogen-bond donors (Lipinski definition) is 2. The molecule has 0 bridgehead atoms. The largest absolute Gasteiger partial charge is 0.469 e. The molecular formula is C18H22N2O5. The number of carbonyl (C=O) groups is 3. The highest BCUT2D eigenvalue weighted by molar-refractivity contribution is 5.97. The summed E-state index contributed by atoms with van der Waals surface area (Å²) in [5.41, 5.74) is -0.355. The molecule has 0 aliphatic carbocycles. The standard InChI is InChI=1S/C18H22N2O5/c1-24-15(21)12-13(16(22)25-2)18(9-6-10-19-17(18)23)20-14(12)11-7-4-3-5-8-11/h3-5,7-8,12-14,20H,6,9-10H2,1-2H3,(H,19,23)/t12-,13+,14+,18+/m0/s1. The smallest absolute Gasteiger partial charge is 0.312 e. The maximum absolute atomic E-state index is 12.7. The van der Waals surface area contributed by atoms with Gasteiger partial charge in [-0.3, -0.25) is 19.7 Å². The lowest BCUT2D eigenvalue weighted by Gasteiger charge is -2.36. The topological polar surface area (TPSA) is 93.7 Å². The molecule has 4 atom stereocenters. The van der Waals surface area contributed by atoms with Gasteiger partial charge in [0.05, 0.1) is 26.1 Å². The Morgan fingerprint density at radius 3 is 2.40 bits per heavy atom. The summed E-state index contributed by atoms with van der Waals surface area (Å²) < 4.78 is 9.91. The fourth-order valence-corrected chi connectivity index (χ4v) is 4.06. The van der Waals surface area contributed by atoms with Crippen LogP contribution in [0.1, 0.15) is 24.4 Å². The van der Waals surface area contributed by atoms with Crippen molar-refractivity contribution in [3.63, 3.8) is 0 Å². The third-order valence-electron chi connectivity index (χ3n) is 5.19. The van der Waals surface area contributed by atoms with Gasteiger partial charge >= 0.3 is 11.9 Å². The molecule has 1 spiro atoms. The summed E-state index contributed by atoms with van der Waals surface area (Å²) in [6, 6.07) is 8.78. The average molecular weight is 346 g/mol. The number of hydrogen-bond acceptors (Lipinski definition) is 6. The molecule has 1 aromatic rings. The van der Waals surface area contributed by atoms with E-state index in [2.05, 4.69) is 10.6 Å². The minimum atomic E-state index is -1.18. The van der Waals surface area contributed by atoms with Gasteiger partial charge in [0.1, 0.15) is 5.54 Å². The molecular weight excluding hydrogens is 324 g/mol. The van der Waals surface area contributed by atoms with E-state index in [0.29, 0.717) is 19.4 Å². The molecule has 0 unspecified atom stereocenters. The second-order valence-corrected chi connectivity index (χ2v) is 6.41. The highest BCUT2D eigenvalue weighted by Gasteiger charge is 2.64. The molecule has 7 nitrogen and oxygen atoms in total. The quantitative estimate of drug-likeness (QED) is 0.777. The molecule has 7 heteroatoms. The number of carbonyl (C=O) groups excluding carboxylic acids is 3. The molecule has 2 fully saturated rings. The summed E-state index contributed by atoms with van der Waals surface area (Å²) >= 11 is 0. The highest BCUT2D eigenvalue weighted by Crippen LogP contribution is 2.47. The molecule has 1 amide bonds. The van der Waals surface area contributed by atoms with Gasteiger partial charge in [0.2, 0.25) is 5.91 Å². The van der Waals surface area contributed by atoms with Crippen LogP contribution in [0.3, 0.4) is 0 Å². The second-order valence-electron chi connectivity index (χ2n) is 6.41. The van der Waals surface area contributed by atoms with Gasteiger partial charge in [-0.05, 0) is 18.4 Å². The van der Waals surface area contributed by atoms with Gasteiger partial charge in [-0.1, -0.05) is 30.3 Å². The summed E-state index contributed by atoms with van der Waals surface area (Å²) in [4.78, 5) is 37.9. The van der Waals surface area contributed by atoms with Crippen LogP contribution >= 0.6 is 0 Å². The molecule has 2 aliphatic heterocycles. The number of ether oxygens (including phenoxy) is 2. The lowest BCUT2D eigenvalue weighted by molar-refractivity contribution is -0.160. The molecule has 3 rings (SSSR count). The summed E-state index contributed by atoms with van der Waals surface area (Å²) in [7, 11) is 2.55. The van der Waals surface area contributed by atoms with Gasteiger partial charge in [0, 0.05) is 12.6 Å². The predicted octanol–water partition coefficient (Wildman–Crippen LogP) is 0.558. The number of benzene rings is 1. The first kappa shape index (κ1) is 17.4. The molecule has 2 N–H and O–H groups in total. The monoisotopic (exact) mass is 346 g/mol. The van der Waals surface area contributed by atoms with Crippen LogP contribution < -0.4 is 10.6 Å². The summed E-state index contributed by atoms with van der Waals surface area (Å²) in [6.07, 6.45) is 1.16. The lowest BCUT2D eigenvalue weighted by Crippen LogP contribution is -2.62. The van der Waals surface area contributed by atoms with Gasteiger partial charge in [-0.25, -0.2) is 0 Å². The van der Waals surface area contributed by atoms with Crippen molar-refractivity contribution >= 4 is 17.8 Å². The first-order valence-corrected chi connectivity index (χ1v) is 8.31. The van der Waals surface area contributed by atoms with Gasteiger partial charge in [0.15, 0.2) is 0 Å². The second kappa shape index (κ2) is 6.84. The number of amides is 1. The Morgan fingerprint density at radius 2 is 1.80 bits per heavy atom. The Morgan fingerprint density at radius 1 is 1.12 bits per heavy atom. The van der Waals surface area contributed by atoms with Crippen LogP contribution in [0.25, 0.3) is 0 Å². The van der Waals surface area contributed by atoms with Crippen LogP contribution in [0.15, 0.2) is 30.3 Å². The fourth-order valence-electron chi connectivity index (χ4n) is 4.06. The Kier molecular flexibility index (Phi) is 4.76. The van der Waals surface area contributed by atoms with E-state index in [1.165, 1.54) is 14.2 Å². The Hall–Kier alpha value is -2.41. The van der Waals surface area contributed by atoms with Crippen molar-refractivity contribution < 1.29 is 23.9 Å². The number of esters is 2. The van der Waals surface area contributed by atoms with Crippen LogP contribution in [0, 0.1) is 11.8 Å². The zero-order valence-corrected chi connectivity index (χ0v) is 14.3. The minimum absolute atomic E-state index is 0.276. The first-order valence-electron chi connectivity index (χ1n) is 8.31. The number of piperidine rings is 1. The molecule has 134 valence electrons. The fraction of sp³-hybridized carbons (Fsp3) is 0.500. The van der Waals surface area contributed by atoms with Crippen molar-refractivity contribution in [2.75, 3.05) is 20.8 Å². The van der Waals surface area contributed by atoms with Crippen LogP contribution in [0.5, 0.6) is 0 Å². The van der Waals surface area contributed by atoms with E-state index >= 15 is 0 Å². The molecule has 0 saturated carbocycles. The molecule has 0 aromatic heterocycles. The SMILES string of the molecule is COC(=O)[C@@H]1[C@@H](c2ccccc2)N[C@]2(CCCNC2=O)[C@H]1C(=O)OC. The lowest BCUT2D eigenvalue weighted by atomic mass is 9.73. The van der Waals surface area contributed by atoms with E-state index < -0.39 is 35.4 Å². The van der Waals surface area contributed by atoms with Crippen molar-refractivity contribution in [2.24, 2.45) is 11.8 Å². The number of nitrogens with one attached hydrogen (secondary N) is 2. The Labute approximate surface area is 146 Å². The number of methoxy groups -OCH3 is 2. The van der Waals surface area contributed by atoms with E-state index in [1.807, 2.05) is 30.3 Å². The molecule has 0 radical (unpaired) electrons. The zero-order chi connectivity index (χ0) is 18.0. The Balaban J connectivity index is 2.12. The van der Waals surface area contributed by atoms with Crippen LogP contribution in [0.4, 0.5) is 0 Å². The van der Waals surface area contributed by atoms with Gasteiger partial charge in [-0.2, -0.15) is 0 Å². The van der Waals surface area contributed by atoms with E-state index in [-0.39, 0.29) is 5.91 Å².